The Morgan fingerprint density at radius 2 is 1.96 bits per heavy atom. The number of rotatable bonds is 7. The molecule has 0 amide bonds. The van der Waals surface area contributed by atoms with Crippen molar-refractivity contribution < 1.29 is 4.74 Å². The maximum atomic E-state index is 11.8. The second kappa shape index (κ2) is 8.49. The summed E-state index contributed by atoms with van der Waals surface area (Å²) in [7, 11) is 0. The van der Waals surface area contributed by atoms with Crippen LogP contribution in [0.5, 0.6) is 5.75 Å². The summed E-state index contributed by atoms with van der Waals surface area (Å²) in [5, 5.41) is 4.46. The average Bonchev–Trinajstić information content (AvgIpc) is 3.04. The van der Waals surface area contributed by atoms with Gasteiger partial charge in [0.2, 0.25) is 0 Å². The molecule has 0 aliphatic carbocycles. The average molecular weight is 355 g/mol. The van der Waals surface area contributed by atoms with Gasteiger partial charge in [-0.3, -0.25) is 4.79 Å². The molecular formula is C21H29N3O2. The summed E-state index contributed by atoms with van der Waals surface area (Å²) in [6.45, 7) is 9.29. The lowest BCUT2D eigenvalue weighted by atomic mass is 10.1. The number of ether oxygens (including phenoxy) is 1. The van der Waals surface area contributed by atoms with Crippen LogP contribution in [0.3, 0.4) is 0 Å². The number of nitrogens with zero attached hydrogens (tertiary/aromatic N) is 3. The van der Waals surface area contributed by atoms with Crippen LogP contribution in [0.2, 0.25) is 0 Å². The van der Waals surface area contributed by atoms with E-state index in [2.05, 4.69) is 16.9 Å². The van der Waals surface area contributed by atoms with Gasteiger partial charge in [-0.25, -0.2) is 4.68 Å². The number of hydrogen-bond acceptors (Lipinski definition) is 4. The maximum absolute atomic E-state index is 11.8. The van der Waals surface area contributed by atoms with Crippen molar-refractivity contribution in [3.8, 4) is 17.0 Å². The van der Waals surface area contributed by atoms with E-state index in [0.717, 1.165) is 42.6 Å². The summed E-state index contributed by atoms with van der Waals surface area (Å²) in [4.78, 5) is 14.4. The molecule has 140 valence electrons. The Labute approximate surface area is 155 Å². The van der Waals surface area contributed by atoms with Crippen LogP contribution in [0.1, 0.15) is 46.1 Å². The molecule has 1 fully saturated rings. The van der Waals surface area contributed by atoms with Crippen molar-refractivity contribution in [3.05, 3.63) is 46.8 Å². The quantitative estimate of drug-likeness (QED) is 0.710. The Kier molecular flexibility index (Phi) is 6.09. The molecule has 0 spiro atoms. The van der Waals surface area contributed by atoms with Gasteiger partial charge in [0, 0.05) is 24.2 Å². The molecule has 5 nitrogen and oxygen atoms in total. The lowest BCUT2D eigenvalue weighted by molar-refractivity contribution is 0.230. The predicted molar refractivity (Wildman–Crippen MR) is 105 cm³/mol. The van der Waals surface area contributed by atoms with Gasteiger partial charge in [-0.1, -0.05) is 0 Å². The molecule has 3 rings (SSSR count). The van der Waals surface area contributed by atoms with Gasteiger partial charge in [0.1, 0.15) is 5.75 Å². The first kappa shape index (κ1) is 18.6. The van der Waals surface area contributed by atoms with Gasteiger partial charge in [0.15, 0.2) is 0 Å². The third kappa shape index (κ3) is 4.52. The third-order valence-corrected chi connectivity index (χ3v) is 5.01. The Hall–Kier alpha value is -2.14. The van der Waals surface area contributed by atoms with Crippen LogP contribution in [0.25, 0.3) is 11.3 Å². The van der Waals surface area contributed by atoms with E-state index in [1.54, 1.807) is 12.1 Å². The van der Waals surface area contributed by atoms with Crippen molar-refractivity contribution in [2.75, 3.05) is 19.7 Å². The molecule has 1 unspecified atom stereocenters. The summed E-state index contributed by atoms with van der Waals surface area (Å²) in [5.74, 6) is 0.875. The second-order valence-corrected chi connectivity index (χ2v) is 7.35. The van der Waals surface area contributed by atoms with Crippen molar-refractivity contribution in [1.82, 2.24) is 14.7 Å². The van der Waals surface area contributed by atoms with Gasteiger partial charge >= 0.3 is 0 Å². The van der Waals surface area contributed by atoms with Crippen LogP contribution in [-0.2, 0) is 0 Å². The van der Waals surface area contributed by atoms with Gasteiger partial charge in [-0.05, 0) is 76.9 Å². The summed E-state index contributed by atoms with van der Waals surface area (Å²) < 4.78 is 7.38. The van der Waals surface area contributed by atoms with Crippen LogP contribution in [0.4, 0.5) is 0 Å². The number of hydrogen-bond donors (Lipinski definition) is 0. The van der Waals surface area contributed by atoms with Gasteiger partial charge in [-0.2, -0.15) is 5.10 Å². The highest BCUT2D eigenvalue weighted by Crippen LogP contribution is 2.21. The van der Waals surface area contributed by atoms with Crippen LogP contribution in [0, 0.1) is 0 Å². The highest BCUT2D eigenvalue weighted by Gasteiger charge is 2.19. The number of aromatic nitrogens is 2. The predicted octanol–water partition coefficient (Wildman–Crippen LogP) is 3.74. The highest BCUT2D eigenvalue weighted by molar-refractivity contribution is 5.59. The number of benzene rings is 1. The standard InChI is InChI=1S/C21H29N3O2/c1-16(2)24-21(25)12-11-20(22-24)18-7-9-19(10-8-18)26-15-5-14-23-13-4-6-17(23)3/h7-12,16-17H,4-6,13-15H2,1-3H3. The normalized spacial score (nSPS) is 17.8. The van der Waals surface area contributed by atoms with Crippen LogP contribution in [-0.4, -0.2) is 40.4 Å². The third-order valence-electron chi connectivity index (χ3n) is 5.01. The first-order chi connectivity index (χ1) is 12.5. The molecule has 0 N–H and O–H groups in total. The van der Waals surface area contributed by atoms with E-state index in [9.17, 15) is 4.79 Å². The van der Waals surface area contributed by atoms with E-state index in [4.69, 9.17) is 4.74 Å². The van der Waals surface area contributed by atoms with E-state index >= 15 is 0 Å². The molecule has 1 aliphatic rings. The zero-order chi connectivity index (χ0) is 18.5. The smallest absolute Gasteiger partial charge is 0.267 e. The Balaban J connectivity index is 1.55. The molecule has 0 radical (unpaired) electrons. The van der Waals surface area contributed by atoms with Crippen LogP contribution >= 0.6 is 0 Å². The highest BCUT2D eigenvalue weighted by atomic mass is 16.5. The first-order valence-electron chi connectivity index (χ1n) is 9.62. The molecule has 1 aromatic carbocycles. The summed E-state index contributed by atoms with van der Waals surface area (Å²) >= 11 is 0. The summed E-state index contributed by atoms with van der Waals surface area (Å²) in [5.41, 5.74) is 1.71. The van der Waals surface area contributed by atoms with E-state index in [0.29, 0.717) is 0 Å². The molecule has 1 aliphatic heterocycles. The Morgan fingerprint density at radius 1 is 1.19 bits per heavy atom. The zero-order valence-corrected chi connectivity index (χ0v) is 16.0. The minimum absolute atomic E-state index is 0.0448. The summed E-state index contributed by atoms with van der Waals surface area (Å²) in [6.07, 6.45) is 3.69. The topological polar surface area (TPSA) is 47.4 Å². The first-order valence-corrected chi connectivity index (χ1v) is 9.62. The van der Waals surface area contributed by atoms with Crippen LogP contribution < -0.4 is 10.3 Å². The molecule has 26 heavy (non-hydrogen) atoms. The van der Waals surface area contributed by atoms with Crippen molar-refractivity contribution in [2.45, 2.75) is 52.1 Å². The van der Waals surface area contributed by atoms with E-state index in [1.165, 1.54) is 24.1 Å². The molecule has 0 saturated carbocycles. The van der Waals surface area contributed by atoms with E-state index in [-0.39, 0.29) is 11.6 Å². The Morgan fingerprint density at radius 3 is 2.62 bits per heavy atom. The molecule has 1 aromatic heterocycles. The van der Waals surface area contributed by atoms with Crippen molar-refractivity contribution in [2.24, 2.45) is 0 Å². The molecule has 1 saturated heterocycles. The van der Waals surface area contributed by atoms with Gasteiger partial charge in [0.25, 0.3) is 5.56 Å². The largest absolute Gasteiger partial charge is 0.494 e. The van der Waals surface area contributed by atoms with Gasteiger partial charge < -0.3 is 9.64 Å². The monoisotopic (exact) mass is 355 g/mol. The van der Waals surface area contributed by atoms with Crippen molar-refractivity contribution in [1.29, 1.82) is 0 Å². The van der Waals surface area contributed by atoms with Crippen molar-refractivity contribution in [3.63, 3.8) is 0 Å². The van der Waals surface area contributed by atoms with E-state index in [1.807, 2.05) is 38.1 Å². The number of likely N-dealkylation sites (tertiary alicyclic amines) is 1. The fourth-order valence-electron chi connectivity index (χ4n) is 3.45. The maximum Gasteiger partial charge on any atom is 0.267 e. The van der Waals surface area contributed by atoms with Crippen LogP contribution in [0.15, 0.2) is 41.2 Å². The second-order valence-electron chi connectivity index (χ2n) is 7.35. The molecular weight excluding hydrogens is 326 g/mol. The molecule has 2 aromatic rings. The SMILES string of the molecule is CC1CCCN1CCCOc1ccc(-c2ccc(=O)n(C(C)C)n2)cc1. The fraction of sp³-hybridized carbons (Fsp3) is 0.524. The molecule has 0 bridgehead atoms. The summed E-state index contributed by atoms with van der Waals surface area (Å²) in [6, 6.07) is 12.0. The fourth-order valence-corrected chi connectivity index (χ4v) is 3.45. The van der Waals surface area contributed by atoms with Crippen molar-refractivity contribution >= 4 is 0 Å². The van der Waals surface area contributed by atoms with Gasteiger partial charge in [0.05, 0.1) is 18.3 Å². The molecule has 2 heterocycles. The Bertz CT molecular complexity index is 768. The minimum Gasteiger partial charge on any atom is -0.494 e. The lowest BCUT2D eigenvalue weighted by Crippen LogP contribution is -2.28. The molecule has 1 atom stereocenters. The lowest BCUT2D eigenvalue weighted by Gasteiger charge is -2.20. The van der Waals surface area contributed by atoms with E-state index < -0.39 is 0 Å². The minimum atomic E-state index is -0.0731. The molecule has 5 heteroatoms. The van der Waals surface area contributed by atoms with Gasteiger partial charge in [-0.15, -0.1) is 0 Å². The zero-order valence-electron chi connectivity index (χ0n) is 16.0.